The molecule has 1 heterocycles. The molecule has 1 aromatic carbocycles. The van der Waals surface area contributed by atoms with Gasteiger partial charge in [-0.25, -0.2) is 4.79 Å². The molecule has 2 aromatic rings. The fourth-order valence-corrected chi connectivity index (χ4v) is 3.03. The largest absolute Gasteiger partial charge is 0.464 e. The number of benzene rings is 1. The number of para-hydroxylation sites is 1. The van der Waals surface area contributed by atoms with Gasteiger partial charge in [-0.3, -0.25) is 9.48 Å². The van der Waals surface area contributed by atoms with E-state index in [2.05, 4.69) is 17.3 Å². The van der Waals surface area contributed by atoms with Crippen LogP contribution in [-0.2, 0) is 16.1 Å². The van der Waals surface area contributed by atoms with E-state index < -0.39 is 17.4 Å². The van der Waals surface area contributed by atoms with Crippen LogP contribution in [-0.4, -0.2) is 34.3 Å². The van der Waals surface area contributed by atoms with Crippen molar-refractivity contribution >= 4 is 22.8 Å². The van der Waals surface area contributed by atoms with Crippen LogP contribution in [0.2, 0.25) is 0 Å². The minimum atomic E-state index is -0.742. The first kappa shape index (κ1) is 20.9. The molecule has 0 radical (unpaired) electrons. The molecule has 1 N–H and O–H groups in total. The first-order valence-corrected chi connectivity index (χ1v) is 9.72. The molecular formula is C21H31N3O3. The van der Waals surface area contributed by atoms with Gasteiger partial charge in [-0.05, 0) is 24.8 Å². The molecule has 1 amide bonds. The first-order valence-electron chi connectivity index (χ1n) is 9.72. The molecule has 0 unspecified atom stereocenters. The summed E-state index contributed by atoms with van der Waals surface area (Å²) in [5, 5.41) is 8.19. The number of esters is 1. The Bertz CT molecular complexity index is 790. The summed E-state index contributed by atoms with van der Waals surface area (Å²) in [7, 11) is 0. The number of aromatic nitrogens is 2. The normalized spacial score (nSPS) is 12.8. The van der Waals surface area contributed by atoms with E-state index in [1.807, 2.05) is 49.7 Å². The van der Waals surface area contributed by atoms with Gasteiger partial charge in [0.1, 0.15) is 6.04 Å². The molecule has 1 aromatic heterocycles. The zero-order valence-electron chi connectivity index (χ0n) is 17.0. The Balaban J connectivity index is 2.31. The molecule has 2 rings (SSSR count). The van der Waals surface area contributed by atoms with Crippen molar-refractivity contribution in [3.63, 3.8) is 0 Å². The number of rotatable bonds is 8. The van der Waals surface area contributed by atoms with Crippen LogP contribution in [0.25, 0.3) is 10.9 Å². The average Bonchev–Trinajstić information content (AvgIpc) is 2.98. The van der Waals surface area contributed by atoms with Crippen LogP contribution >= 0.6 is 0 Å². The lowest BCUT2D eigenvalue weighted by Gasteiger charge is -2.29. The minimum absolute atomic E-state index is 0.274. The summed E-state index contributed by atoms with van der Waals surface area (Å²) in [6.07, 6.45) is 3.25. The van der Waals surface area contributed by atoms with Crippen molar-refractivity contribution in [2.45, 2.75) is 66.5 Å². The van der Waals surface area contributed by atoms with Crippen LogP contribution in [0.4, 0.5) is 0 Å². The van der Waals surface area contributed by atoms with E-state index in [1.54, 1.807) is 6.92 Å². The van der Waals surface area contributed by atoms with Gasteiger partial charge in [-0.15, -0.1) is 0 Å². The number of nitrogens with one attached hydrogen (secondary N) is 1. The molecule has 148 valence electrons. The number of nitrogens with zero attached hydrogens (tertiary/aromatic N) is 2. The van der Waals surface area contributed by atoms with Crippen LogP contribution < -0.4 is 5.32 Å². The number of ether oxygens (including phenoxy) is 1. The second-order valence-corrected chi connectivity index (χ2v) is 7.82. The van der Waals surface area contributed by atoms with Crippen LogP contribution in [0.15, 0.2) is 24.3 Å². The highest BCUT2D eigenvalue weighted by Crippen LogP contribution is 2.23. The van der Waals surface area contributed by atoms with Gasteiger partial charge in [0.15, 0.2) is 5.69 Å². The molecule has 27 heavy (non-hydrogen) atoms. The number of aryl methyl sites for hydroxylation is 1. The average molecular weight is 373 g/mol. The standard InChI is InChI=1S/C21H31N3O3/c1-6-8-11-14-24-16-13-10-9-12-15(16)17(23-24)19(25)22-18(21(3,4)5)20(26)27-7-2/h9-10,12-13,18H,6-8,11,14H2,1-5H3,(H,22,25)/t18-/m1/s1. The number of carbonyl (C=O) groups is 2. The summed E-state index contributed by atoms with van der Waals surface area (Å²) in [5.41, 5.74) is 0.810. The Kier molecular flexibility index (Phi) is 6.99. The van der Waals surface area contributed by atoms with E-state index in [0.29, 0.717) is 5.69 Å². The second-order valence-electron chi connectivity index (χ2n) is 7.82. The smallest absolute Gasteiger partial charge is 0.329 e. The third kappa shape index (κ3) is 5.08. The van der Waals surface area contributed by atoms with Gasteiger partial charge in [-0.1, -0.05) is 58.7 Å². The summed E-state index contributed by atoms with van der Waals surface area (Å²) in [6.45, 7) is 10.6. The van der Waals surface area contributed by atoms with Crippen molar-refractivity contribution in [1.82, 2.24) is 15.1 Å². The number of amides is 1. The molecule has 6 nitrogen and oxygen atoms in total. The number of fused-ring (bicyclic) bond motifs is 1. The summed E-state index contributed by atoms with van der Waals surface area (Å²) in [6, 6.07) is 6.96. The molecule has 0 aliphatic rings. The monoisotopic (exact) mass is 373 g/mol. The van der Waals surface area contributed by atoms with Gasteiger partial charge < -0.3 is 10.1 Å². The molecule has 0 saturated heterocycles. The van der Waals surface area contributed by atoms with Crippen LogP contribution in [0.3, 0.4) is 0 Å². The molecule has 6 heteroatoms. The molecule has 0 spiro atoms. The van der Waals surface area contributed by atoms with Crippen LogP contribution in [0.1, 0.15) is 64.4 Å². The third-order valence-electron chi connectivity index (χ3n) is 4.51. The van der Waals surface area contributed by atoms with E-state index in [4.69, 9.17) is 4.74 Å². The lowest BCUT2D eigenvalue weighted by atomic mass is 9.86. The zero-order chi connectivity index (χ0) is 20.0. The van der Waals surface area contributed by atoms with Gasteiger partial charge in [0.25, 0.3) is 5.91 Å². The predicted molar refractivity (Wildman–Crippen MR) is 107 cm³/mol. The topological polar surface area (TPSA) is 73.2 Å². The number of hydrogen-bond donors (Lipinski definition) is 1. The highest BCUT2D eigenvalue weighted by Gasteiger charge is 2.35. The lowest BCUT2D eigenvalue weighted by Crippen LogP contribution is -2.50. The fourth-order valence-electron chi connectivity index (χ4n) is 3.03. The molecule has 1 atom stereocenters. The van der Waals surface area contributed by atoms with Gasteiger partial charge in [-0.2, -0.15) is 5.10 Å². The van der Waals surface area contributed by atoms with Crippen molar-refractivity contribution < 1.29 is 14.3 Å². The quantitative estimate of drug-likeness (QED) is 0.562. The Morgan fingerprint density at radius 3 is 2.52 bits per heavy atom. The summed E-state index contributed by atoms with van der Waals surface area (Å²) in [5.74, 6) is -0.779. The van der Waals surface area contributed by atoms with Crippen molar-refractivity contribution in [3.05, 3.63) is 30.0 Å². The highest BCUT2D eigenvalue weighted by atomic mass is 16.5. The number of carbonyl (C=O) groups excluding carboxylic acids is 2. The molecule has 0 fully saturated rings. The van der Waals surface area contributed by atoms with Crippen LogP contribution in [0, 0.1) is 5.41 Å². The Labute approximate surface area is 161 Å². The minimum Gasteiger partial charge on any atom is -0.464 e. The molecule has 0 aliphatic carbocycles. The second kappa shape index (κ2) is 9.02. The Hall–Kier alpha value is -2.37. The molecule has 0 aliphatic heterocycles. The molecule has 0 bridgehead atoms. The molecule has 0 saturated carbocycles. The van der Waals surface area contributed by atoms with Gasteiger partial charge in [0.05, 0.1) is 12.1 Å². The highest BCUT2D eigenvalue weighted by molar-refractivity contribution is 6.06. The van der Waals surface area contributed by atoms with Gasteiger partial charge in [0.2, 0.25) is 0 Å². The third-order valence-corrected chi connectivity index (χ3v) is 4.51. The summed E-state index contributed by atoms with van der Waals surface area (Å²) >= 11 is 0. The SMILES string of the molecule is CCCCCn1nc(C(=O)N[C@H](C(=O)OCC)C(C)(C)C)c2ccccc21. The van der Waals surface area contributed by atoms with Crippen molar-refractivity contribution in [2.75, 3.05) is 6.61 Å². The van der Waals surface area contributed by atoms with Gasteiger partial charge in [0, 0.05) is 11.9 Å². The van der Waals surface area contributed by atoms with Crippen molar-refractivity contribution in [3.8, 4) is 0 Å². The van der Waals surface area contributed by atoms with Crippen molar-refractivity contribution in [2.24, 2.45) is 5.41 Å². The Morgan fingerprint density at radius 1 is 1.19 bits per heavy atom. The summed E-state index contributed by atoms with van der Waals surface area (Å²) < 4.78 is 7.03. The fraction of sp³-hybridized carbons (Fsp3) is 0.571. The maximum atomic E-state index is 13.0. The number of unbranched alkanes of at least 4 members (excludes halogenated alkanes) is 2. The van der Waals surface area contributed by atoms with E-state index in [1.165, 1.54) is 0 Å². The van der Waals surface area contributed by atoms with Crippen LogP contribution in [0.5, 0.6) is 0 Å². The molecular weight excluding hydrogens is 342 g/mol. The number of hydrogen-bond acceptors (Lipinski definition) is 4. The van der Waals surface area contributed by atoms with E-state index in [-0.39, 0.29) is 12.5 Å². The van der Waals surface area contributed by atoms with Crippen molar-refractivity contribution in [1.29, 1.82) is 0 Å². The maximum Gasteiger partial charge on any atom is 0.329 e. The van der Waals surface area contributed by atoms with Gasteiger partial charge >= 0.3 is 5.97 Å². The van der Waals surface area contributed by atoms with E-state index in [9.17, 15) is 9.59 Å². The lowest BCUT2D eigenvalue weighted by molar-refractivity contribution is -0.148. The zero-order valence-corrected chi connectivity index (χ0v) is 17.0. The summed E-state index contributed by atoms with van der Waals surface area (Å²) in [4.78, 5) is 25.3. The van der Waals surface area contributed by atoms with E-state index in [0.717, 1.165) is 36.7 Å². The van der Waals surface area contributed by atoms with E-state index >= 15 is 0 Å². The Morgan fingerprint density at radius 2 is 1.89 bits per heavy atom. The maximum absolute atomic E-state index is 13.0. The first-order chi connectivity index (χ1) is 12.8. The predicted octanol–water partition coefficient (Wildman–Crippen LogP) is 3.93.